The molecule has 5 heteroatoms. The quantitative estimate of drug-likeness (QED) is 0.591. The van der Waals surface area contributed by atoms with Gasteiger partial charge in [-0.05, 0) is 49.5 Å². The molecule has 0 amide bonds. The Morgan fingerprint density at radius 2 is 1.96 bits per heavy atom. The molecule has 2 aromatic carbocycles. The molecule has 0 atom stereocenters. The van der Waals surface area contributed by atoms with E-state index in [1.54, 1.807) is 18.2 Å². The molecule has 126 valence electrons. The molecule has 0 aliphatic carbocycles. The molecule has 0 spiro atoms. The van der Waals surface area contributed by atoms with Crippen LogP contribution < -0.4 is 15.0 Å². The highest BCUT2D eigenvalue weighted by atomic mass is 32.1. The van der Waals surface area contributed by atoms with Gasteiger partial charge in [-0.1, -0.05) is 24.3 Å². The minimum Gasteiger partial charge on any atom is -0.508 e. The number of hydrogen-bond donors (Lipinski definition) is 2. The third-order valence-corrected chi connectivity index (χ3v) is 3.79. The number of para-hydroxylation sites is 1. The van der Waals surface area contributed by atoms with E-state index in [1.807, 2.05) is 48.2 Å². The molecular formula is C19H22N2O2S. The number of thiocarbonyl (C=S) groups is 1. The van der Waals surface area contributed by atoms with E-state index in [0.29, 0.717) is 24.8 Å². The first-order chi connectivity index (χ1) is 11.7. The summed E-state index contributed by atoms with van der Waals surface area (Å²) in [6.07, 6.45) is 1.75. The fourth-order valence-corrected chi connectivity index (χ4v) is 2.49. The standard InChI is InChI=1S/C19H22N2O2S/c1-3-13-20-19(24)21(14-15-7-5-6-8-18(15)22)16-9-11-17(12-10-16)23-4-2/h3,5-12,22H,1,4,13-14H2,2H3,(H,20,24). The molecule has 0 aliphatic rings. The topological polar surface area (TPSA) is 44.7 Å². The van der Waals surface area contributed by atoms with E-state index in [0.717, 1.165) is 17.0 Å². The van der Waals surface area contributed by atoms with Crippen LogP contribution in [0.25, 0.3) is 0 Å². The van der Waals surface area contributed by atoms with E-state index in [9.17, 15) is 5.11 Å². The van der Waals surface area contributed by atoms with E-state index in [2.05, 4.69) is 11.9 Å². The second-order valence-corrected chi connectivity index (χ2v) is 5.50. The molecule has 2 aromatic rings. The number of hydrogen-bond acceptors (Lipinski definition) is 3. The Labute approximate surface area is 148 Å². The van der Waals surface area contributed by atoms with Crippen molar-refractivity contribution in [3.05, 3.63) is 66.7 Å². The van der Waals surface area contributed by atoms with Crippen molar-refractivity contribution in [2.45, 2.75) is 13.5 Å². The van der Waals surface area contributed by atoms with Crippen LogP contribution in [0.3, 0.4) is 0 Å². The summed E-state index contributed by atoms with van der Waals surface area (Å²) < 4.78 is 5.48. The molecule has 0 radical (unpaired) electrons. The van der Waals surface area contributed by atoms with Gasteiger partial charge in [0.15, 0.2) is 5.11 Å². The van der Waals surface area contributed by atoms with E-state index in [1.165, 1.54) is 0 Å². The molecule has 0 saturated carbocycles. The minimum atomic E-state index is 0.250. The van der Waals surface area contributed by atoms with Gasteiger partial charge in [-0.3, -0.25) is 0 Å². The van der Waals surface area contributed by atoms with Crippen LogP contribution in [0.4, 0.5) is 5.69 Å². The normalized spacial score (nSPS) is 10.0. The molecule has 0 aliphatic heterocycles. The Morgan fingerprint density at radius 1 is 1.25 bits per heavy atom. The zero-order valence-electron chi connectivity index (χ0n) is 13.7. The van der Waals surface area contributed by atoms with Gasteiger partial charge in [0.2, 0.25) is 0 Å². The van der Waals surface area contributed by atoms with Crippen molar-refractivity contribution in [1.82, 2.24) is 5.32 Å². The van der Waals surface area contributed by atoms with Crippen molar-refractivity contribution in [3.8, 4) is 11.5 Å². The summed E-state index contributed by atoms with van der Waals surface area (Å²) >= 11 is 5.50. The average Bonchev–Trinajstić information content (AvgIpc) is 2.60. The third-order valence-electron chi connectivity index (χ3n) is 3.42. The molecule has 0 unspecified atom stereocenters. The molecule has 2 N–H and O–H groups in total. The molecular weight excluding hydrogens is 320 g/mol. The first-order valence-corrected chi connectivity index (χ1v) is 8.22. The molecule has 2 rings (SSSR count). The van der Waals surface area contributed by atoms with Gasteiger partial charge in [0.25, 0.3) is 0 Å². The first-order valence-electron chi connectivity index (χ1n) is 7.81. The van der Waals surface area contributed by atoms with Crippen LogP contribution >= 0.6 is 12.2 Å². The molecule has 0 saturated heterocycles. The third kappa shape index (κ3) is 4.73. The molecule has 0 bridgehead atoms. The summed E-state index contributed by atoms with van der Waals surface area (Å²) in [5.74, 6) is 1.06. The Morgan fingerprint density at radius 3 is 2.58 bits per heavy atom. The summed E-state index contributed by atoms with van der Waals surface area (Å²) in [6.45, 7) is 7.31. The maximum Gasteiger partial charge on any atom is 0.174 e. The highest BCUT2D eigenvalue weighted by Gasteiger charge is 2.14. The lowest BCUT2D eigenvalue weighted by Crippen LogP contribution is -2.39. The highest BCUT2D eigenvalue weighted by Crippen LogP contribution is 2.24. The number of phenolic OH excluding ortho intramolecular Hbond substituents is 1. The summed E-state index contributed by atoms with van der Waals surface area (Å²) in [5.41, 5.74) is 1.72. The number of anilines is 1. The monoisotopic (exact) mass is 342 g/mol. The highest BCUT2D eigenvalue weighted by molar-refractivity contribution is 7.80. The Kier molecular flexibility index (Phi) is 6.63. The van der Waals surface area contributed by atoms with Crippen molar-refractivity contribution in [1.29, 1.82) is 0 Å². The zero-order chi connectivity index (χ0) is 17.4. The van der Waals surface area contributed by atoms with Crippen molar-refractivity contribution >= 4 is 23.0 Å². The van der Waals surface area contributed by atoms with Gasteiger partial charge in [-0.25, -0.2) is 0 Å². The van der Waals surface area contributed by atoms with Gasteiger partial charge in [0.1, 0.15) is 11.5 Å². The van der Waals surface area contributed by atoms with Crippen molar-refractivity contribution in [3.63, 3.8) is 0 Å². The van der Waals surface area contributed by atoms with Gasteiger partial charge in [-0.2, -0.15) is 0 Å². The van der Waals surface area contributed by atoms with E-state index in [4.69, 9.17) is 17.0 Å². The maximum atomic E-state index is 10.1. The molecule has 0 heterocycles. The van der Waals surface area contributed by atoms with Gasteiger partial charge in [0, 0.05) is 17.8 Å². The molecule has 0 fully saturated rings. The lowest BCUT2D eigenvalue weighted by molar-refractivity contribution is 0.340. The number of ether oxygens (including phenoxy) is 1. The van der Waals surface area contributed by atoms with E-state index >= 15 is 0 Å². The van der Waals surface area contributed by atoms with Gasteiger partial charge >= 0.3 is 0 Å². The number of nitrogens with zero attached hydrogens (tertiary/aromatic N) is 1. The van der Waals surface area contributed by atoms with Crippen molar-refractivity contribution < 1.29 is 9.84 Å². The van der Waals surface area contributed by atoms with Crippen molar-refractivity contribution in [2.75, 3.05) is 18.1 Å². The number of nitrogens with one attached hydrogen (secondary N) is 1. The minimum absolute atomic E-state index is 0.250. The number of rotatable bonds is 7. The predicted octanol–water partition coefficient (Wildman–Crippen LogP) is 3.86. The second-order valence-electron chi connectivity index (χ2n) is 5.12. The molecule has 0 aromatic heterocycles. The number of phenols is 1. The smallest absolute Gasteiger partial charge is 0.174 e. The summed E-state index contributed by atoms with van der Waals surface area (Å²) in [4.78, 5) is 1.93. The van der Waals surface area contributed by atoms with Crippen LogP contribution in [0.2, 0.25) is 0 Å². The SMILES string of the molecule is C=CCNC(=S)N(Cc1ccccc1O)c1ccc(OCC)cc1. The summed E-state index contributed by atoms with van der Waals surface area (Å²) in [7, 11) is 0. The largest absolute Gasteiger partial charge is 0.508 e. The van der Waals surface area contributed by atoms with Gasteiger partial charge in [-0.15, -0.1) is 6.58 Å². The molecule has 4 nitrogen and oxygen atoms in total. The second kappa shape index (κ2) is 8.93. The average molecular weight is 342 g/mol. The number of benzene rings is 2. The lowest BCUT2D eigenvalue weighted by atomic mass is 10.1. The Bertz CT molecular complexity index is 686. The van der Waals surface area contributed by atoms with Crippen LogP contribution in [0.15, 0.2) is 61.2 Å². The van der Waals surface area contributed by atoms with Crippen LogP contribution in [0.5, 0.6) is 11.5 Å². The fraction of sp³-hybridized carbons (Fsp3) is 0.211. The Hall–Kier alpha value is -2.53. The molecule has 24 heavy (non-hydrogen) atoms. The summed E-state index contributed by atoms with van der Waals surface area (Å²) in [5, 5.41) is 13.8. The summed E-state index contributed by atoms with van der Waals surface area (Å²) in [6, 6.07) is 15.0. The lowest BCUT2D eigenvalue weighted by Gasteiger charge is -2.26. The van der Waals surface area contributed by atoms with Gasteiger partial charge in [0.05, 0.1) is 13.2 Å². The van der Waals surface area contributed by atoms with E-state index in [-0.39, 0.29) is 5.75 Å². The first kappa shape index (κ1) is 17.8. The Balaban J connectivity index is 2.26. The van der Waals surface area contributed by atoms with E-state index < -0.39 is 0 Å². The maximum absolute atomic E-state index is 10.1. The van der Waals surface area contributed by atoms with Gasteiger partial charge < -0.3 is 20.1 Å². The zero-order valence-corrected chi connectivity index (χ0v) is 14.6. The predicted molar refractivity (Wildman–Crippen MR) is 103 cm³/mol. The van der Waals surface area contributed by atoms with Crippen LogP contribution in [0.1, 0.15) is 12.5 Å². The van der Waals surface area contributed by atoms with Crippen LogP contribution in [0, 0.1) is 0 Å². The fourth-order valence-electron chi connectivity index (χ4n) is 2.24. The van der Waals surface area contributed by atoms with Crippen molar-refractivity contribution in [2.24, 2.45) is 0 Å². The number of aromatic hydroxyl groups is 1. The van der Waals surface area contributed by atoms with Crippen LogP contribution in [-0.2, 0) is 6.54 Å². The van der Waals surface area contributed by atoms with Crippen LogP contribution in [-0.4, -0.2) is 23.4 Å².